The van der Waals surface area contributed by atoms with E-state index in [0.29, 0.717) is 0 Å². The van der Waals surface area contributed by atoms with Crippen LogP contribution >= 0.6 is 0 Å². The Labute approximate surface area is 148 Å². The molecule has 0 bridgehead atoms. The van der Waals surface area contributed by atoms with Crippen LogP contribution in [-0.2, 0) is 0 Å². The smallest absolute Gasteiger partial charge is 0.140 e. The maximum atomic E-state index is 5.21. The molecule has 5 rings (SSSR count). The number of aromatic nitrogens is 5. The highest BCUT2D eigenvalue weighted by molar-refractivity contribution is 6.12. The van der Waals surface area contributed by atoms with E-state index in [1.165, 1.54) is 0 Å². The van der Waals surface area contributed by atoms with Gasteiger partial charge in [-0.25, -0.2) is 14.5 Å². The van der Waals surface area contributed by atoms with Crippen LogP contribution in [0.3, 0.4) is 0 Å². The summed E-state index contributed by atoms with van der Waals surface area (Å²) in [5, 5.41) is 9.92. The van der Waals surface area contributed by atoms with Gasteiger partial charge in [0.2, 0.25) is 0 Å². The van der Waals surface area contributed by atoms with Gasteiger partial charge < -0.3 is 10.1 Å². The first-order chi connectivity index (χ1) is 12.8. The first kappa shape index (κ1) is 14.6. The molecule has 0 aliphatic rings. The number of hydrogen-bond acceptors (Lipinski definition) is 6. The molecular formula is C19H14N6O. The summed E-state index contributed by atoms with van der Waals surface area (Å²) in [6.45, 7) is 0. The van der Waals surface area contributed by atoms with Gasteiger partial charge in [-0.1, -0.05) is 0 Å². The number of rotatable bonds is 3. The molecule has 4 aromatic heterocycles. The van der Waals surface area contributed by atoms with Crippen molar-refractivity contribution in [3.8, 4) is 5.75 Å². The van der Waals surface area contributed by atoms with Gasteiger partial charge in [0.15, 0.2) is 0 Å². The van der Waals surface area contributed by atoms with Crippen LogP contribution in [0.1, 0.15) is 0 Å². The molecule has 0 aliphatic carbocycles. The summed E-state index contributed by atoms with van der Waals surface area (Å²) in [6.07, 6.45) is 6.99. The fraction of sp³-hybridized carbons (Fsp3) is 0.0526. The molecule has 1 N–H and O–H groups in total. The largest absolute Gasteiger partial charge is 0.497 e. The van der Waals surface area contributed by atoms with Crippen molar-refractivity contribution in [1.82, 2.24) is 24.6 Å². The lowest BCUT2D eigenvalue weighted by molar-refractivity contribution is 0.415. The highest BCUT2D eigenvalue weighted by Gasteiger charge is 2.14. The zero-order valence-corrected chi connectivity index (χ0v) is 13.9. The van der Waals surface area contributed by atoms with Gasteiger partial charge in [-0.2, -0.15) is 5.10 Å². The molecule has 26 heavy (non-hydrogen) atoms. The molecule has 7 nitrogen and oxygen atoms in total. The SMILES string of the molecule is COc1ccc(Nc2nc3c(nn4cnccc34)c3ccncc23)cc1. The molecule has 0 unspecified atom stereocenters. The average molecular weight is 342 g/mol. The van der Waals surface area contributed by atoms with Gasteiger partial charge >= 0.3 is 0 Å². The molecule has 1 aromatic carbocycles. The van der Waals surface area contributed by atoms with E-state index < -0.39 is 0 Å². The molecule has 7 heteroatoms. The zero-order valence-electron chi connectivity index (χ0n) is 13.9. The quantitative estimate of drug-likeness (QED) is 0.540. The fourth-order valence-corrected chi connectivity index (χ4v) is 3.06. The number of fused-ring (bicyclic) bond motifs is 5. The average Bonchev–Trinajstić information content (AvgIpc) is 3.08. The predicted molar refractivity (Wildman–Crippen MR) is 99.9 cm³/mol. The van der Waals surface area contributed by atoms with Gasteiger partial charge in [-0.15, -0.1) is 0 Å². The minimum Gasteiger partial charge on any atom is -0.497 e. The van der Waals surface area contributed by atoms with Gasteiger partial charge in [0.05, 0.1) is 12.6 Å². The van der Waals surface area contributed by atoms with Crippen LogP contribution in [0, 0.1) is 0 Å². The Morgan fingerprint density at radius 2 is 1.77 bits per heavy atom. The van der Waals surface area contributed by atoms with Gasteiger partial charge in [-0.05, 0) is 36.4 Å². The van der Waals surface area contributed by atoms with E-state index in [1.807, 2.05) is 36.4 Å². The standard InChI is InChI=1S/C19H14N6O/c1-26-13-4-2-12(3-5-13)22-19-15-10-20-8-6-14(15)17-18(23-19)16-7-9-21-11-25(16)24-17/h2-11H,1H3,(H,22,23). The van der Waals surface area contributed by atoms with Crippen LogP contribution in [0.25, 0.3) is 27.3 Å². The van der Waals surface area contributed by atoms with Crippen molar-refractivity contribution in [1.29, 1.82) is 0 Å². The Hall–Kier alpha value is -3.74. The summed E-state index contributed by atoms with van der Waals surface area (Å²) in [5.41, 5.74) is 3.48. The van der Waals surface area contributed by atoms with Crippen LogP contribution < -0.4 is 10.1 Å². The number of nitrogens with one attached hydrogen (secondary N) is 1. The van der Waals surface area contributed by atoms with E-state index >= 15 is 0 Å². The van der Waals surface area contributed by atoms with Crippen molar-refractivity contribution < 1.29 is 4.74 Å². The molecule has 4 heterocycles. The molecule has 0 fully saturated rings. The number of pyridine rings is 2. The molecule has 0 atom stereocenters. The van der Waals surface area contributed by atoms with Crippen molar-refractivity contribution in [2.24, 2.45) is 0 Å². The second-order valence-electron chi connectivity index (χ2n) is 5.84. The molecule has 0 saturated carbocycles. The van der Waals surface area contributed by atoms with Gasteiger partial charge in [0.25, 0.3) is 0 Å². The van der Waals surface area contributed by atoms with Crippen LogP contribution in [0.5, 0.6) is 5.75 Å². The van der Waals surface area contributed by atoms with Crippen LogP contribution in [-0.4, -0.2) is 31.7 Å². The number of ether oxygens (including phenoxy) is 1. The first-order valence-corrected chi connectivity index (χ1v) is 8.10. The summed E-state index contributed by atoms with van der Waals surface area (Å²) in [4.78, 5) is 13.2. The molecule has 0 amide bonds. The van der Waals surface area contributed by atoms with Crippen molar-refractivity contribution in [3.05, 3.63) is 61.3 Å². The number of nitrogens with zero attached hydrogens (tertiary/aromatic N) is 5. The number of anilines is 2. The minimum atomic E-state index is 0.734. The van der Waals surface area contributed by atoms with E-state index in [0.717, 1.165) is 44.6 Å². The molecule has 0 saturated heterocycles. The fourth-order valence-electron chi connectivity index (χ4n) is 3.06. The van der Waals surface area contributed by atoms with E-state index in [1.54, 1.807) is 36.5 Å². The van der Waals surface area contributed by atoms with Gasteiger partial charge in [-0.3, -0.25) is 4.98 Å². The maximum Gasteiger partial charge on any atom is 0.140 e. The molecule has 0 spiro atoms. The first-order valence-electron chi connectivity index (χ1n) is 8.10. The van der Waals surface area contributed by atoms with E-state index in [-0.39, 0.29) is 0 Å². The number of hydrogen-bond donors (Lipinski definition) is 1. The molecule has 0 aliphatic heterocycles. The van der Waals surface area contributed by atoms with Crippen molar-refractivity contribution in [3.63, 3.8) is 0 Å². The summed E-state index contributed by atoms with van der Waals surface area (Å²) in [7, 11) is 1.65. The number of methoxy groups -OCH3 is 1. The van der Waals surface area contributed by atoms with Crippen molar-refractivity contribution in [2.75, 3.05) is 12.4 Å². The Morgan fingerprint density at radius 3 is 2.62 bits per heavy atom. The lowest BCUT2D eigenvalue weighted by Crippen LogP contribution is -1.96. The highest BCUT2D eigenvalue weighted by atomic mass is 16.5. The normalized spacial score (nSPS) is 11.3. The van der Waals surface area contributed by atoms with Crippen LogP contribution in [0.2, 0.25) is 0 Å². The highest BCUT2D eigenvalue weighted by Crippen LogP contribution is 2.31. The third-order valence-electron chi connectivity index (χ3n) is 4.32. The monoisotopic (exact) mass is 342 g/mol. The van der Waals surface area contributed by atoms with Gasteiger partial charge in [0.1, 0.15) is 28.9 Å². The molecule has 5 aromatic rings. The lowest BCUT2D eigenvalue weighted by Gasteiger charge is -2.10. The Balaban J connectivity index is 1.75. The Bertz CT molecular complexity index is 1250. The van der Waals surface area contributed by atoms with Crippen molar-refractivity contribution >= 4 is 38.8 Å². The summed E-state index contributed by atoms with van der Waals surface area (Å²) < 4.78 is 6.96. The second kappa shape index (κ2) is 5.66. The van der Waals surface area contributed by atoms with E-state index in [4.69, 9.17) is 9.72 Å². The third-order valence-corrected chi connectivity index (χ3v) is 4.32. The molecular weight excluding hydrogens is 328 g/mol. The number of benzene rings is 1. The Morgan fingerprint density at radius 1 is 0.923 bits per heavy atom. The van der Waals surface area contributed by atoms with Crippen LogP contribution in [0.4, 0.5) is 11.5 Å². The summed E-state index contributed by atoms with van der Waals surface area (Å²) in [6, 6.07) is 11.6. The van der Waals surface area contributed by atoms with Crippen LogP contribution in [0.15, 0.2) is 61.3 Å². The summed E-state index contributed by atoms with van der Waals surface area (Å²) in [5.74, 6) is 1.54. The zero-order chi connectivity index (χ0) is 17.5. The van der Waals surface area contributed by atoms with Gasteiger partial charge in [0, 0.05) is 35.1 Å². The summed E-state index contributed by atoms with van der Waals surface area (Å²) >= 11 is 0. The molecule has 0 radical (unpaired) electrons. The minimum absolute atomic E-state index is 0.734. The van der Waals surface area contributed by atoms with E-state index in [9.17, 15) is 0 Å². The van der Waals surface area contributed by atoms with Crippen molar-refractivity contribution in [2.45, 2.75) is 0 Å². The Kier molecular flexibility index (Phi) is 3.18. The topological polar surface area (TPSA) is 77.2 Å². The second-order valence-corrected chi connectivity index (χ2v) is 5.84. The van der Waals surface area contributed by atoms with E-state index in [2.05, 4.69) is 20.4 Å². The predicted octanol–water partition coefficient (Wildman–Crippen LogP) is 3.58. The molecule has 126 valence electrons. The maximum absolute atomic E-state index is 5.21. The third kappa shape index (κ3) is 2.21. The lowest BCUT2D eigenvalue weighted by atomic mass is 10.1.